The highest BCUT2D eigenvalue weighted by Crippen LogP contribution is 2.38. The molecule has 1 heterocycles. The lowest BCUT2D eigenvalue weighted by molar-refractivity contribution is -0.120. The van der Waals surface area contributed by atoms with Crippen molar-refractivity contribution in [2.45, 2.75) is 13.5 Å². The van der Waals surface area contributed by atoms with Crippen LogP contribution in [0.2, 0.25) is 5.02 Å². The molecule has 1 amide bonds. The number of carbonyl (C=O) groups is 1. The number of para-hydroxylation sites is 3. The largest absolute Gasteiger partial charge is 0.493 e. The van der Waals surface area contributed by atoms with Crippen molar-refractivity contribution in [1.82, 2.24) is 4.57 Å². The fraction of sp³-hybridized carbons (Fsp3) is 0.160. The number of halogens is 1. The van der Waals surface area contributed by atoms with Crippen LogP contribution < -0.4 is 9.47 Å². The summed E-state index contributed by atoms with van der Waals surface area (Å²) >= 11 is 6.02. The second kappa shape index (κ2) is 10.2. The van der Waals surface area contributed by atoms with Crippen molar-refractivity contribution in [3.8, 4) is 17.4 Å². The van der Waals surface area contributed by atoms with E-state index in [0.29, 0.717) is 29.3 Å². The number of fused-ring (bicyclic) bond motifs is 1. The topological polar surface area (TPSA) is 85.4 Å². The van der Waals surface area contributed by atoms with E-state index in [1.54, 1.807) is 28.8 Å². The van der Waals surface area contributed by atoms with Gasteiger partial charge < -0.3 is 19.1 Å². The molecule has 0 radical (unpaired) electrons. The summed E-state index contributed by atoms with van der Waals surface area (Å²) in [6, 6.07) is 22.0. The molecule has 0 aliphatic heterocycles. The summed E-state index contributed by atoms with van der Waals surface area (Å²) in [4.78, 5) is 12.2. The van der Waals surface area contributed by atoms with Crippen LogP contribution in [0, 0.1) is 6.92 Å². The van der Waals surface area contributed by atoms with Crippen molar-refractivity contribution >= 4 is 34.1 Å². The van der Waals surface area contributed by atoms with Gasteiger partial charge in [-0.15, -0.1) is 10.2 Å². The number of hydrogen-bond donors (Lipinski definition) is 1. The molecular formula is C25H22ClN3O4. The maximum Gasteiger partial charge on any atom is 0.302 e. The second-order valence-electron chi connectivity index (χ2n) is 7.27. The zero-order valence-electron chi connectivity index (χ0n) is 17.9. The van der Waals surface area contributed by atoms with E-state index in [4.69, 9.17) is 21.1 Å². The molecule has 0 saturated carbocycles. The number of aryl methyl sites for hydroxylation is 1. The smallest absolute Gasteiger partial charge is 0.302 e. The summed E-state index contributed by atoms with van der Waals surface area (Å²) in [5, 5.41) is 19.6. The van der Waals surface area contributed by atoms with E-state index in [-0.39, 0.29) is 18.2 Å². The first-order chi connectivity index (χ1) is 16.0. The normalized spacial score (nSPS) is 11.2. The summed E-state index contributed by atoms with van der Waals surface area (Å²) in [5.74, 6) is 0.482. The van der Waals surface area contributed by atoms with E-state index in [9.17, 15) is 9.90 Å². The van der Waals surface area contributed by atoms with Gasteiger partial charge in [-0.05, 0) is 36.8 Å². The van der Waals surface area contributed by atoms with Gasteiger partial charge in [0.05, 0.1) is 17.1 Å². The first-order valence-electron chi connectivity index (χ1n) is 10.3. The Morgan fingerprint density at radius 2 is 1.67 bits per heavy atom. The van der Waals surface area contributed by atoms with Crippen molar-refractivity contribution in [1.29, 1.82) is 0 Å². The van der Waals surface area contributed by atoms with Gasteiger partial charge in [0, 0.05) is 5.39 Å². The van der Waals surface area contributed by atoms with E-state index in [2.05, 4.69) is 10.2 Å². The van der Waals surface area contributed by atoms with Gasteiger partial charge in [-0.1, -0.05) is 60.1 Å². The predicted molar refractivity (Wildman–Crippen MR) is 127 cm³/mol. The van der Waals surface area contributed by atoms with E-state index < -0.39 is 5.91 Å². The van der Waals surface area contributed by atoms with Gasteiger partial charge in [-0.25, -0.2) is 0 Å². The van der Waals surface area contributed by atoms with E-state index >= 15 is 0 Å². The Balaban J connectivity index is 1.48. The average Bonchev–Trinajstić information content (AvgIpc) is 3.09. The molecule has 1 aromatic heterocycles. The Morgan fingerprint density at radius 3 is 2.45 bits per heavy atom. The minimum atomic E-state index is -0.603. The van der Waals surface area contributed by atoms with Gasteiger partial charge >= 0.3 is 5.91 Å². The summed E-state index contributed by atoms with van der Waals surface area (Å²) in [5.41, 5.74) is 2.01. The van der Waals surface area contributed by atoms with Crippen LogP contribution in [0.4, 0.5) is 5.69 Å². The fourth-order valence-electron chi connectivity index (χ4n) is 3.40. The minimum absolute atomic E-state index is 0.0897. The molecule has 0 aliphatic carbocycles. The summed E-state index contributed by atoms with van der Waals surface area (Å²) in [7, 11) is 0. The van der Waals surface area contributed by atoms with E-state index in [0.717, 1.165) is 16.8 Å². The van der Waals surface area contributed by atoms with E-state index in [1.165, 1.54) is 0 Å². The number of benzene rings is 3. The van der Waals surface area contributed by atoms with Gasteiger partial charge in [0.25, 0.3) is 0 Å². The molecule has 7 nitrogen and oxygen atoms in total. The Hall–Kier alpha value is -3.84. The van der Waals surface area contributed by atoms with E-state index in [1.807, 2.05) is 55.5 Å². The van der Waals surface area contributed by atoms with Crippen LogP contribution in [-0.4, -0.2) is 28.8 Å². The molecule has 0 unspecified atom stereocenters. The van der Waals surface area contributed by atoms with Gasteiger partial charge in [0.15, 0.2) is 12.3 Å². The number of carbonyl (C=O) groups excluding carboxylic acids is 1. The van der Waals surface area contributed by atoms with Crippen LogP contribution >= 0.6 is 11.6 Å². The number of aromatic hydroxyl groups is 1. The van der Waals surface area contributed by atoms with Gasteiger partial charge in [-0.2, -0.15) is 0 Å². The molecule has 0 saturated heterocycles. The van der Waals surface area contributed by atoms with Crippen molar-refractivity contribution < 1.29 is 19.4 Å². The molecule has 3 aromatic carbocycles. The first kappa shape index (κ1) is 22.4. The molecule has 0 bridgehead atoms. The Morgan fingerprint density at radius 1 is 0.970 bits per heavy atom. The summed E-state index contributed by atoms with van der Waals surface area (Å²) < 4.78 is 13.0. The lowest BCUT2D eigenvalue weighted by atomic mass is 10.2. The quantitative estimate of drug-likeness (QED) is 0.321. The zero-order valence-corrected chi connectivity index (χ0v) is 18.7. The van der Waals surface area contributed by atoms with Gasteiger partial charge in [-0.3, -0.25) is 4.79 Å². The van der Waals surface area contributed by atoms with Crippen molar-refractivity contribution in [2.24, 2.45) is 10.2 Å². The maximum absolute atomic E-state index is 12.2. The molecule has 168 valence electrons. The number of amides is 1. The molecule has 8 heteroatoms. The predicted octanol–water partition coefficient (Wildman–Crippen LogP) is 6.08. The molecule has 1 N–H and O–H groups in total. The molecule has 4 aromatic rings. The first-order valence-corrected chi connectivity index (χ1v) is 10.7. The van der Waals surface area contributed by atoms with Crippen LogP contribution in [0.1, 0.15) is 5.56 Å². The highest BCUT2D eigenvalue weighted by molar-refractivity contribution is 6.32. The van der Waals surface area contributed by atoms with Crippen LogP contribution in [-0.2, 0) is 11.3 Å². The number of hydrogen-bond acceptors (Lipinski definition) is 5. The molecule has 0 fully saturated rings. The monoisotopic (exact) mass is 463 g/mol. The molecule has 4 rings (SSSR count). The van der Waals surface area contributed by atoms with Crippen molar-refractivity contribution in [3.63, 3.8) is 0 Å². The van der Waals surface area contributed by atoms with Crippen LogP contribution in [0.15, 0.2) is 83.0 Å². The number of azo groups is 1. The Labute approximate surface area is 195 Å². The van der Waals surface area contributed by atoms with Crippen molar-refractivity contribution in [2.75, 3.05) is 13.2 Å². The lowest BCUT2D eigenvalue weighted by Crippen LogP contribution is -2.08. The highest BCUT2D eigenvalue weighted by atomic mass is 35.5. The standard InChI is InChI=1S/C25H22ClN3O4/c1-17-8-2-6-12-21(17)32-15-14-29-20-11-5-3-9-18(20)24(25(29)31)28-27-23(30)16-33-22-13-7-4-10-19(22)26/h2-13,31H,14-16H2,1H3. The molecule has 33 heavy (non-hydrogen) atoms. The summed E-state index contributed by atoms with van der Waals surface area (Å²) in [6.45, 7) is 2.39. The SMILES string of the molecule is Cc1ccccc1OCCn1c(O)c(N=NC(=O)COc2ccccc2Cl)c2ccccc21. The van der Waals surface area contributed by atoms with Crippen LogP contribution in [0.3, 0.4) is 0 Å². The van der Waals surface area contributed by atoms with Crippen LogP contribution in [0.25, 0.3) is 10.9 Å². The van der Waals surface area contributed by atoms with Crippen LogP contribution in [0.5, 0.6) is 17.4 Å². The van der Waals surface area contributed by atoms with Gasteiger partial charge in [0.2, 0.25) is 5.88 Å². The Kier molecular flexibility index (Phi) is 6.90. The van der Waals surface area contributed by atoms with Crippen molar-refractivity contribution in [3.05, 3.63) is 83.4 Å². The molecule has 0 atom stereocenters. The molecule has 0 spiro atoms. The number of aromatic nitrogens is 1. The zero-order chi connectivity index (χ0) is 23.2. The summed E-state index contributed by atoms with van der Waals surface area (Å²) in [6.07, 6.45) is 0. The maximum atomic E-state index is 12.2. The highest BCUT2D eigenvalue weighted by Gasteiger charge is 2.17. The average molecular weight is 464 g/mol. The number of ether oxygens (including phenoxy) is 2. The lowest BCUT2D eigenvalue weighted by Gasteiger charge is -2.11. The number of nitrogens with zero attached hydrogens (tertiary/aromatic N) is 3. The van der Waals surface area contributed by atoms with Gasteiger partial charge in [0.1, 0.15) is 18.1 Å². The number of rotatable bonds is 8. The third-order valence-corrected chi connectivity index (χ3v) is 5.35. The third-order valence-electron chi connectivity index (χ3n) is 5.03. The third kappa shape index (κ3) is 5.15. The fourth-order valence-corrected chi connectivity index (χ4v) is 3.59. The minimum Gasteiger partial charge on any atom is -0.493 e. The Bertz CT molecular complexity index is 1320. The molecule has 0 aliphatic rings. The second-order valence-corrected chi connectivity index (χ2v) is 7.67. The molecular weight excluding hydrogens is 442 g/mol.